The second-order valence-electron chi connectivity index (χ2n) is 3.68. The molecule has 0 spiro atoms. The first-order chi connectivity index (χ1) is 7.69. The van der Waals surface area contributed by atoms with Gasteiger partial charge < -0.3 is 5.32 Å². The van der Waals surface area contributed by atoms with Gasteiger partial charge in [0.05, 0.1) is 21.4 Å². The first kappa shape index (κ1) is 11.7. The molecular formula is C11H15N3S2. The van der Waals surface area contributed by atoms with E-state index in [1.54, 1.807) is 22.7 Å². The van der Waals surface area contributed by atoms with Crippen LogP contribution in [0.2, 0.25) is 0 Å². The Morgan fingerprint density at radius 3 is 2.75 bits per heavy atom. The molecule has 0 saturated heterocycles. The van der Waals surface area contributed by atoms with Gasteiger partial charge in [-0.25, -0.2) is 9.97 Å². The lowest BCUT2D eigenvalue weighted by Gasteiger charge is -1.93. The van der Waals surface area contributed by atoms with E-state index in [-0.39, 0.29) is 0 Å². The SMILES string of the molecule is CNCc1sc(Cc2csc(C)n2)nc1C. The summed E-state index contributed by atoms with van der Waals surface area (Å²) in [5.41, 5.74) is 2.27. The maximum atomic E-state index is 4.58. The number of hydrogen-bond acceptors (Lipinski definition) is 5. The molecule has 0 atom stereocenters. The highest BCUT2D eigenvalue weighted by molar-refractivity contribution is 7.11. The van der Waals surface area contributed by atoms with E-state index in [4.69, 9.17) is 0 Å². The van der Waals surface area contributed by atoms with Gasteiger partial charge in [0.1, 0.15) is 0 Å². The monoisotopic (exact) mass is 253 g/mol. The third-order valence-electron chi connectivity index (χ3n) is 2.27. The molecule has 0 unspecified atom stereocenters. The molecule has 3 nitrogen and oxygen atoms in total. The van der Waals surface area contributed by atoms with E-state index in [1.807, 2.05) is 14.0 Å². The van der Waals surface area contributed by atoms with Crippen LogP contribution in [0.15, 0.2) is 5.38 Å². The van der Waals surface area contributed by atoms with E-state index < -0.39 is 0 Å². The smallest absolute Gasteiger partial charge is 0.0991 e. The van der Waals surface area contributed by atoms with Crippen molar-refractivity contribution in [3.8, 4) is 0 Å². The van der Waals surface area contributed by atoms with Crippen molar-refractivity contribution in [1.29, 1.82) is 0 Å². The van der Waals surface area contributed by atoms with Gasteiger partial charge in [-0.1, -0.05) is 0 Å². The van der Waals surface area contributed by atoms with Gasteiger partial charge in [0.15, 0.2) is 0 Å². The molecule has 0 bridgehead atoms. The van der Waals surface area contributed by atoms with E-state index >= 15 is 0 Å². The molecule has 0 amide bonds. The lowest BCUT2D eigenvalue weighted by Crippen LogP contribution is -2.04. The van der Waals surface area contributed by atoms with Crippen molar-refractivity contribution in [2.24, 2.45) is 0 Å². The molecule has 2 aromatic rings. The molecule has 0 fully saturated rings. The minimum atomic E-state index is 0.861. The number of thiazole rings is 2. The van der Waals surface area contributed by atoms with E-state index in [2.05, 4.69) is 27.6 Å². The van der Waals surface area contributed by atoms with Gasteiger partial charge in [-0.2, -0.15) is 0 Å². The fourth-order valence-electron chi connectivity index (χ4n) is 1.53. The lowest BCUT2D eigenvalue weighted by atomic mass is 10.3. The predicted octanol–water partition coefficient (Wildman–Crippen LogP) is 2.53. The number of rotatable bonds is 4. The van der Waals surface area contributed by atoms with Crippen LogP contribution in [0, 0.1) is 13.8 Å². The Balaban J connectivity index is 2.13. The van der Waals surface area contributed by atoms with Gasteiger partial charge >= 0.3 is 0 Å². The van der Waals surface area contributed by atoms with Crippen molar-refractivity contribution in [2.75, 3.05) is 7.05 Å². The largest absolute Gasteiger partial charge is 0.315 e. The summed E-state index contributed by atoms with van der Waals surface area (Å²) in [5.74, 6) is 0. The Bertz CT molecular complexity index is 473. The van der Waals surface area contributed by atoms with Gasteiger partial charge in [0.2, 0.25) is 0 Å². The highest BCUT2D eigenvalue weighted by Crippen LogP contribution is 2.21. The highest BCUT2D eigenvalue weighted by atomic mass is 32.1. The minimum absolute atomic E-state index is 0.861. The summed E-state index contributed by atoms with van der Waals surface area (Å²) in [6.45, 7) is 5.01. The molecule has 2 rings (SSSR count). The standard InChI is InChI=1S/C11H15N3S2/c1-7-10(5-12-3)16-11(13-7)4-9-6-15-8(2)14-9/h6,12H,4-5H2,1-3H3. The fraction of sp³-hybridized carbons (Fsp3) is 0.455. The highest BCUT2D eigenvalue weighted by Gasteiger charge is 2.08. The van der Waals surface area contributed by atoms with Gasteiger partial charge in [-0.3, -0.25) is 0 Å². The Morgan fingerprint density at radius 1 is 1.31 bits per heavy atom. The number of nitrogens with zero attached hydrogens (tertiary/aromatic N) is 2. The van der Waals surface area contributed by atoms with Crippen molar-refractivity contribution in [1.82, 2.24) is 15.3 Å². The quantitative estimate of drug-likeness (QED) is 0.910. The van der Waals surface area contributed by atoms with E-state index in [0.717, 1.165) is 34.4 Å². The third-order valence-corrected chi connectivity index (χ3v) is 4.25. The zero-order valence-corrected chi connectivity index (χ0v) is 11.3. The number of aryl methyl sites for hydroxylation is 2. The van der Waals surface area contributed by atoms with Crippen LogP contribution in [0.25, 0.3) is 0 Å². The molecule has 2 aromatic heterocycles. The van der Waals surface area contributed by atoms with Gasteiger partial charge in [-0.05, 0) is 20.9 Å². The van der Waals surface area contributed by atoms with Crippen LogP contribution in [0.4, 0.5) is 0 Å². The summed E-state index contributed by atoms with van der Waals surface area (Å²) in [5, 5.41) is 7.56. The van der Waals surface area contributed by atoms with Crippen LogP contribution in [-0.4, -0.2) is 17.0 Å². The minimum Gasteiger partial charge on any atom is -0.315 e. The second kappa shape index (κ2) is 5.03. The van der Waals surface area contributed by atoms with E-state index in [9.17, 15) is 0 Å². The first-order valence-electron chi connectivity index (χ1n) is 5.20. The van der Waals surface area contributed by atoms with Crippen molar-refractivity contribution in [2.45, 2.75) is 26.8 Å². The van der Waals surface area contributed by atoms with Crippen molar-refractivity contribution in [3.05, 3.63) is 31.7 Å². The molecule has 5 heteroatoms. The Labute approximate surface area is 104 Å². The van der Waals surface area contributed by atoms with Crippen molar-refractivity contribution < 1.29 is 0 Å². The average Bonchev–Trinajstić information content (AvgIpc) is 2.76. The molecular weight excluding hydrogens is 238 g/mol. The van der Waals surface area contributed by atoms with Gasteiger partial charge in [-0.15, -0.1) is 22.7 Å². The summed E-state index contributed by atoms with van der Waals surface area (Å²) >= 11 is 3.48. The second-order valence-corrected chi connectivity index (χ2v) is 5.91. The molecule has 0 aliphatic heterocycles. The number of hydrogen-bond donors (Lipinski definition) is 1. The first-order valence-corrected chi connectivity index (χ1v) is 6.89. The molecule has 0 aliphatic carbocycles. The van der Waals surface area contributed by atoms with Crippen molar-refractivity contribution >= 4 is 22.7 Å². The summed E-state index contributed by atoms with van der Waals surface area (Å²) in [6, 6.07) is 0. The third kappa shape index (κ3) is 2.66. The predicted molar refractivity (Wildman–Crippen MR) is 69.3 cm³/mol. The molecule has 1 N–H and O–H groups in total. The van der Waals surface area contributed by atoms with Crippen LogP contribution < -0.4 is 5.32 Å². The molecule has 0 saturated carbocycles. The molecule has 0 aliphatic rings. The molecule has 2 heterocycles. The normalized spacial score (nSPS) is 10.9. The lowest BCUT2D eigenvalue weighted by molar-refractivity contribution is 0.822. The van der Waals surface area contributed by atoms with Gasteiger partial charge in [0, 0.05) is 23.2 Å². The fourth-order valence-corrected chi connectivity index (χ4v) is 3.24. The zero-order valence-electron chi connectivity index (χ0n) is 9.70. The summed E-state index contributed by atoms with van der Waals surface area (Å²) < 4.78 is 0. The van der Waals surface area contributed by atoms with Crippen LogP contribution in [0.1, 0.15) is 26.3 Å². The summed E-state index contributed by atoms with van der Waals surface area (Å²) in [4.78, 5) is 10.4. The van der Waals surface area contributed by atoms with Crippen LogP contribution >= 0.6 is 22.7 Å². The molecule has 16 heavy (non-hydrogen) atoms. The van der Waals surface area contributed by atoms with Crippen LogP contribution in [0.5, 0.6) is 0 Å². The topological polar surface area (TPSA) is 37.8 Å². The number of aromatic nitrogens is 2. The maximum absolute atomic E-state index is 4.58. The van der Waals surface area contributed by atoms with Gasteiger partial charge in [0.25, 0.3) is 0 Å². The molecule has 86 valence electrons. The molecule has 0 aromatic carbocycles. The average molecular weight is 253 g/mol. The molecule has 0 radical (unpaired) electrons. The number of nitrogens with one attached hydrogen (secondary N) is 1. The maximum Gasteiger partial charge on any atom is 0.0991 e. The van der Waals surface area contributed by atoms with Crippen LogP contribution in [0.3, 0.4) is 0 Å². The van der Waals surface area contributed by atoms with E-state index in [1.165, 1.54) is 4.88 Å². The van der Waals surface area contributed by atoms with E-state index in [0.29, 0.717) is 0 Å². The van der Waals surface area contributed by atoms with Crippen molar-refractivity contribution in [3.63, 3.8) is 0 Å². The Hall–Kier alpha value is -0.780. The zero-order chi connectivity index (χ0) is 11.5. The Morgan fingerprint density at radius 2 is 2.12 bits per heavy atom. The van der Waals surface area contributed by atoms with Crippen LogP contribution in [-0.2, 0) is 13.0 Å². The Kier molecular flexibility index (Phi) is 3.68. The summed E-state index contributed by atoms with van der Waals surface area (Å²) in [6.07, 6.45) is 0.861. The summed E-state index contributed by atoms with van der Waals surface area (Å²) in [7, 11) is 1.96.